The normalized spacial score (nSPS) is 34.4. The molecule has 1 nitrogen and oxygen atoms in total. The Kier molecular flexibility index (Phi) is 4.52. The van der Waals surface area contributed by atoms with E-state index in [0.717, 1.165) is 0 Å². The third kappa shape index (κ3) is 4.18. The van der Waals surface area contributed by atoms with Crippen molar-refractivity contribution in [1.82, 2.24) is 5.32 Å². The molecular weight excluding hydrogens is 203 g/mol. The first-order valence-corrected chi connectivity index (χ1v) is 4.21. The van der Waals surface area contributed by atoms with Crippen LogP contribution in [0.2, 0.25) is 0 Å². The summed E-state index contributed by atoms with van der Waals surface area (Å²) in [5, 5.41) is 3.09. The summed E-state index contributed by atoms with van der Waals surface area (Å²) in [7, 11) is 0. The summed E-state index contributed by atoms with van der Waals surface area (Å²) in [5.74, 6) is -0.236. The topological polar surface area (TPSA) is 12.0 Å². The lowest BCUT2D eigenvalue weighted by molar-refractivity contribution is -0.144. The molecule has 1 saturated heterocycles. The van der Waals surface area contributed by atoms with Gasteiger partial charge in [-0.1, -0.05) is 0 Å². The Morgan fingerprint density at radius 1 is 1.31 bits per heavy atom. The van der Waals surface area contributed by atoms with Crippen LogP contribution >= 0.6 is 12.4 Å². The fourth-order valence-electron chi connectivity index (χ4n) is 1.87. The quantitative estimate of drug-likeness (QED) is 0.712. The molecule has 0 aromatic carbocycles. The molecule has 0 aromatic rings. The average Bonchev–Trinajstić information content (AvgIpc) is 2.06. The van der Waals surface area contributed by atoms with Gasteiger partial charge < -0.3 is 5.32 Å². The van der Waals surface area contributed by atoms with Gasteiger partial charge in [-0.3, -0.25) is 0 Å². The number of rotatable bonds is 1. The highest BCUT2D eigenvalue weighted by Gasteiger charge is 2.38. The fourth-order valence-corrected chi connectivity index (χ4v) is 1.87. The molecule has 1 aliphatic heterocycles. The molecule has 5 heteroatoms. The Labute approximate surface area is 82.5 Å². The van der Waals surface area contributed by atoms with Crippen LogP contribution in [0.15, 0.2) is 0 Å². The molecule has 1 heterocycles. The Balaban J connectivity index is 0.00000144. The molecule has 1 fully saturated rings. The van der Waals surface area contributed by atoms with Gasteiger partial charge in [0.15, 0.2) is 0 Å². The molecule has 0 aliphatic carbocycles. The van der Waals surface area contributed by atoms with Crippen LogP contribution in [-0.4, -0.2) is 18.3 Å². The Morgan fingerprint density at radius 3 is 2.15 bits per heavy atom. The maximum absolute atomic E-state index is 12.0. The SMILES string of the molecule is CC1CC(CC(F)(F)F)C(C)N1.Cl. The highest BCUT2D eigenvalue weighted by atomic mass is 35.5. The molecule has 0 bridgehead atoms. The molecule has 13 heavy (non-hydrogen) atoms. The second kappa shape index (κ2) is 4.51. The number of hydrogen-bond acceptors (Lipinski definition) is 1. The van der Waals surface area contributed by atoms with Crippen LogP contribution in [-0.2, 0) is 0 Å². The summed E-state index contributed by atoms with van der Waals surface area (Å²) >= 11 is 0. The predicted molar refractivity (Wildman–Crippen MR) is 48.1 cm³/mol. The van der Waals surface area contributed by atoms with Crippen LogP contribution in [0.4, 0.5) is 13.2 Å². The van der Waals surface area contributed by atoms with Gasteiger partial charge in [-0.05, 0) is 26.2 Å². The van der Waals surface area contributed by atoms with Gasteiger partial charge in [-0.2, -0.15) is 13.2 Å². The molecule has 0 spiro atoms. The van der Waals surface area contributed by atoms with Gasteiger partial charge in [0, 0.05) is 18.5 Å². The largest absolute Gasteiger partial charge is 0.389 e. The van der Waals surface area contributed by atoms with Crippen molar-refractivity contribution in [3.05, 3.63) is 0 Å². The Morgan fingerprint density at radius 2 is 1.85 bits per heavy atom. The summed E-state index contributed by atoms with van der Waals surface area (Å²) < 4.78 is 35.9. The van der Waals surface area contributed by atoms with Crippen LogP contribution < -0.4 is 5.32 Å². The van der Waals surface area contributed by atoms with E-state index < -0.39 is 12.6 Å². The molecule has 0 aromatic heterocycles. The lowest BCUT2D eigenvalue weighted by Crippen LogP contribution is -2.28. The van der Waals surface area contributed by atoms with E-state index in [1.165, 1.54) is 0 Å². The number of hydrogen-bond donors (Lipinski definition) is 1. The van der Waals surface area contributed by atoms with E-state index in [4.69, 9.17) is 0 Å². The smallest absolute Gasteiger partial charge is 0.311 e. The van der Waals surface area contributed by atoms with Gasteiger partial charge in [0.2, 0.25) is 0 Å². The van der Waals surface area contributed by atoms with E-state index >= 15 is 0 Å². The second-order valence-corrected chi connectivity index (χ2v) is 3.67. The van der Waals surface area contributed by atoms with Gasteiger partial charge >= 0.3 is 6.18 Å². The van der Waals surface area contributed by atoms with Gasteiger partial charge in [0.25, 0.3) is 0 Å². The maximum Gasteiger partial charge on any atom is 0.389 e. The highest BCUT2D eigenvalue weighted by Crippen LogP contribution is 2.32. The van der Waals surface area contributed by atoms with Crippen molar-refractivity contribution >= 4 is 12.4 Å². The summed E-state index contributed by atoms with van der Waals surface area (Å²) in [6.07, 6.45) is -4.02. The minimum absolute atomic E-state index is 0. The molecule has 1 rings (SSSR count). The minimum atomic E-state index is -4.01. The van der Waals surface area contributed by atoms with Gasteiger partial charge in [-0.25, -0.2) is 0 Å². The molecular formula is C8H15ClF3N. The summed E-state index contributed by atoms with van der Waals surface area (Å²) in [5.41, 5.74) is 0. The average molecular weight is 218 g/mol. The summed E-state index contributed by atoms with van der Waals surface area (Å²) in [6, 6.07) is 0.231. The van der Waals surface area contributed by atoms with Gasteiger partial charge in [-0.15, -0.1) is 12.4 Å². The van der Waals surface area contributed by atoms with Crippen molar-refractivity contribution < 1.29 is 13.2 Å². The zero-order valence-electron chi connectivity index (χ0n) is 7.69. The lowest BCUT2D eigenvalue weighted by atomic mass is 9.96. The molecule has 80 valence electrons. The highest BCUT2D eigenvalue weighted by molar-refractivity contribution is 5.85. The van der Waals surface area contributed by atoms with E-state index in [1.54, 1.807) is 0 Å². The van der Waals surface area contributed by atoms with Gasteiger partial charge in [0.1, 0.15) is 0 Å². The molecule has 0 radical (unpaired) electrons. The van der Waals surface area contributed by atoms with Crippen LogP contribution in [0.3, 0.4) is 0 Å². The Bertz CT molecular complexity index is 160. The van der Waals surface area contributed by atoms with Crippen molar-refractivity contribution in [2.24, 2.45) is 5.92 Å². The third-order valence-electron chi connectivity index (χ3n) is 2.40. The molecule has 0 amide bonds. The first kappa shape index (κ1) is 13.0. The number of halogens is 4. The number of alkyl halides is 3. The molecule has 3 atom stereocenters. The monoisotopic (exact) mass is 217 g/mol. The van der Waals surface area contributed by atoms with E-state index in [-0.39, 0.29) is 30.4 Å². The number of nitrogens with one attached hydrogen (secondary N) is 1. The summed E-state index contributed by atoms with van der Waals surface area (Å²) in [6.45, 7) is 3.74. The van der Waals surface area contributed by atoms with Crippen molar-refractivity contribution in [1.29, 1.82) is 0 Å². The van der Waals surface area contributed by atoms with Crippen molar-refractivity contribution in [2.45, 2.75) is 44.9 Å². The standard InChI is InChI=1S/C8H14F3N.ClH/c1-5-3-7(6(2)12-5)4-8(9,10)11;/h5-7,12H,3-4H2,1-2H3;1H. The predicted octanol–water partition coefficient (Wildman–Crippen LogP) is 2.75. The zero-order valence-corrected chi connectivity index (χ0v) is 8.50. The molecule has 3 unspecified atom stereocenters. The second-order valence-electron chi connectivity index (χ2n) is 3.67. The van der Waals surface area contributed by atoms with Crippen molar-refractivity contribution in [3.63, 3.8) is 0 Å². The molecule has 1 N–H and O–H groups in total. The maximum atomic E-state index is 12.0. The van der Waals surface area contributed by atoms with Gasteiger partial charge in [0.05, 0.1) is 0 Å². The van der Waals surface area contributed by atoms with Crippen LogP contribution in [0.5, 0.6) is 0 Å². The first-order valence-electron chi connectivity index (χ1n) is 4.21. The van der Waals surface area contributed by atoms with Crippen molar-refractivity contribution in [2.75, 3.05) is 0 Å². The lowest BCUT2D eigenvalue weighted by Gasteiger charge is -2.16. The van der Waals surface area contributed by atoms with Crippen molar-refractivity contribution in [3.8, 4) is 0 Å². The van der Waals surface area contributed by atoms with E-state index in [1.807, 2.05) is 13.8 Å². The van der Waals surface area contributed by atoms with E-state index in [2.05, 4.69) is 5.32 Å². The molecule has 1 aliphatic rings. The fraction of sp³-hybridized carbons (Fsp3) is 1.00. The van der Waals surface area contributed by atoms with E-state index in [9.17, 15) is 13.2 Å². The first-order chi connectivity index (χ1) is 5.38. The van der Waals surface area contributed by atoms with Crippen LogP contribution in [0.25, 0.3) is 0 Å². The third-order valence-corrected chi connectivity index (χ3v) is 2.40. The Hall–Kier alpha value is 0.0400. The van der Waals surface area contributed by atoms with Crippen LogP contribution in [0.1, 0.15) is 26.7 Å². The minimum Gasteiger partial charge on any atom is -0.311 e. The zero-order chi connectivity index (χ0) is 9.35. The van der Waals surface area contributed by atoms with Crippen LogP contribution in [0, 0.1) is 5.92 Å². The van der Waals surface area contributed by atoms with E-state index in [0.29, 0.717) is 6.42 Å². The summed E-state index contributed by atoms with van der Waals surface area (Å²) in [4.78, 5) is 0. The molecule has 0 saturated carbocycles.